The highest BCUT2D eigenvalue weighted by atomic mass is 16.5. The van der Waals surface area contributed by atoms with Crippen LogP contribution in [0.15, 0.2) is 18.2 Å². The van der Waals surface area contributed by atoms with Crippen molar-refractivity contribution in [1.82, 2.24) is 0 Å². The topological polar surface area (TPSA) is 73.6 Å². The largest absolute Gasteiger partial charge is 0.394 e. The minimum atomic E-state index is -0.242. The van der Waals surface area contributed by atoms with E-state index in [-0.39, 0.29) is 18.8 Å². The van der Waals surface area contributed by atoms with Gasteiger partial charge in [0.1, 0.15) is 12.4 Å². The van der Waals surface area contributed by atoms with Crippen LogP contribution >= 0.6 is 0 Å². The molecule has 1 aromatic rings. The van der Waals surface area contributed by atoms with Crippen molar-refractivity contribution in [2.75, 3.05) is 24.7 Å². The maximum atomic E-state index is 10.7. The third-order valence-electron chi connectivity index (χ3n) is 3.30. The number of aldehydes is 1. The van der Waals surface area contributed by atoms with Gasteiger partial charge in [-0.15, -0.1) is 0 Å². The molecule has 19 heavy (non-hydrogen) atoms. The van der Waals surface area contributed by atoms with Gasteiger partial charge in [-0.2, -0.15) is 5.26 Å². The number of benzene rings is 1. The molecule has 2 rings (SSSR count). The standard InChI is InChI=1S/C14H16N2O3/c1-10-9-19-13(8-18)6-16(10)14-3-2-11(7-17)4-12(14)5-15/h2-4,7,10,13,18H,6,8-9H2,1H3. The molecule has 5 heteroatoms. The number of aliphatic hydroxyl groups is 1. The molecule has 1 aliphatic rings. The van der Waals surface area contributed by atoms with E-state index < -0.39 is 0 Å². The highest BCUT2D eigenvalue weighted by molar-refractivity contribution is 5.78. The smallest absolute Gasteiger partial charge is 0.150 e. The van der Waals surface area contributed by atoms with Crippen molar-refractivity contribution in [3.63, 3.8) is 0 Å². The average Bonchev–Trinajstić information content (AvgIpc) is 2.47. The second-order valence-corrected chi connectivity index (χ2v) is 4.65. The highest BCUT2D eigenvalue weighted by Crippen LogP contribution is 2.26. The van der Waals surface area contributed by atoms with Crippen LogP contribution in [0.1, 0.15) is 22.8 Å². The number of carbonyl (C=O) groups is 1. The minimum Gasteiger partial charge on any atom is -0.394 e. The van der Waals surface area contributed by atoms with Crippen molar-refractivity contribution >= 4 is 12.0 Å². The Kier molecular flexibility index (Phi) is 4.15. The number of ether oxygens (including phenoxy) is 1. The Labute approximate surface area is 112 Å². The Balaban J connectivity index is 2.34. The maximum Gasteiger partial charge on any atom is 0.150 e. The fourth-order valence-corrected chi connectivity index (χ4v) is 2.23. The van der Waals surface area contributed by atoms with E-state index in [4.69, 9.17) is 4.74 Å². The molecule has 100 valence electrons. The molecule has 1 N–H and O–H groups in total. The van der Waals surface area contributed by atoms with Gasteiger partial charge in [-0.25, -0.2) is 0 Å². The monoisotopic (exact) mass is 260 g/mol. The third-order valence-corrected chi connectivity index (χ3v) is 3.30. The molecule has 0 aliphatic carbocycles. The maximum absolute atomic E-state index is 10.7. The number of nitriles is 1. The lowest BCUT2D eigenvalue weighted by Gasteiger charge is -2.39. The molecule has 2 unspecified atom stereocenters. The summed E-state index contributed by atoms with van der Waals surface area (Å²) in [6, 6.07) is 7.29. The van der Waals surface area contributed by atoms with Gasteiger partial charge in [0.05, 0.1) is 30.6 Å². The van der Waals surface area contributed by atoms with Gasteiger partial charge >= 0.3 is 0 Å². The molecule has 0 aromatic heterocycles. The normalized spacial score (nSPS) is 22.9. The van der Waals surface area contributed by atoms with Gasteiger partial charge in [-0.05, 0) is 25.1 Å². The van der Waals surface area contributed by atoms with E-state index in [0.29, 0.717) is 24.3 Å². The molecule has 0 spiro atoms. The molecule has 1 aromatic carbocycles. The van der Waals surface area contributed by atoms with Crippen molar-refractivity contribution in [2.45, 2.75) is 19.1 Å². The summed E-state index contributed by atoms with van der Waals surface area (Å²) in [6.45, 7) is 3.00. The van der Waals surface area contributed by atoms with Gasteiger partial charge in [0.15, 0.2) is 0 Å². The molecule has 0 bridgehead atoms. The predicted molar refractivity (Wildman–Crippen MR) is 70.2 cm³/mol. The lowest BCUT2D eigenvalue weighted by Crippen LogP contribution is -2.49. The second kappa shape index (κ2) is 5.83. The first-order valence-corrected chi connectivity index (χ1v) is 6.18. The summed E-state index contributed by atoms with van der Waals surface area (Å²) >= 11 is 0. The zero-order valence-electron chi connectivity index (χ0n) is 10.7. The lowest BCUT2D eigenvalue weighted by atomic mass is 10.1. The first-order valence-electron chi connectivity index (χ1n) is 6.18. The van der Waals surface area contributed by atoms with Crippen LogP contribution in [0, 0.1) is 11.3 Å². The second-order valence-electron chi connectivity index (χ2n) is 4.65. The number of hydrogen-bond acceptors (Lipinski definition) is 5. The summed E-state index contributed by atoms with van der Waals surface area (Å²) in [4.78, 5) is 12.8. The summed E-state index contributed by atoms with van der Waals surface area (Å²) in [6.07, 6.45) is 0.484. The van der Waals surface area contributed by atoms with Crippen LogP contribution in [0.4, 0.5) is 5.69 Å². The van der Waals surface area contributed by atoms with Crippen LogP contribution in [-0.2, 0) is 4.74 Å². The molecule has 0 saturated carbocycles. The number of anilines is 1. The fourth-order valence-electron chi connectivity index (χ4n) is 2.23. The fraction of sp³-hybridized carbons (Fsp3) is 0.429. The van der Waals surface area contributed by atoms with Crippen molar-refractivity contribution in [3.05, 3.63) is 29.3 Å². The molecule has 1 fully saturated rings. The average molecular weight is 260 g/mol. The summed E-state index contributed by atoms with van der Waals surface area (Å²) < 4.78 is 5.48. The van der Waals surface area contributed by atoms with Crippen molar-refractivity contribution in [1.29, 1.82) is 5.26 Å². The zero-order valence-corrected chi connectivity index (χ0v) is 10.7. The van der Waals surface area contributed by atoms with Gasteiger partial charge in [-0.1, -0.05) is 0 Å². The lowest BCUT2D eigenvalue weighted by molar-refractivity contribution is -0.0103. The van der Waals surface area contributed by atoms with E-state index in [1.54, 1.807) is 18.2 Å². The van der Waals surface area contributed by atoms with Crippen molar-refractivity contribution in [3.8, 4) is 6.07 Å². The van der Waals surface area contributed by atoms with Crippen molar-refractivity contribution in [2.24, 2.45) is 0 Å². The molecule has 5 nitrogen and oxygen atoms in total. The zero-order chi connectivity index (χ0) is 13.8. The molecule has 1 heterocycles. The Morgan fingerprint density at radius 3 is 3.05 bits per heavy atom. The minimum absolute atomic E-state index is 0.0441. The molecule has 0 radical (unpaired) electrons. The van der Waals surface area contributed by atoms with E-state index >= 15 is 0 Å². The number of hydrogen-bond donors (Lipinski definition) is 1. The summed E-state index contributed by atoms with van der Waals surface area (Å²) in [5, 5.41) is 18.4. The number of aliphatic hydroxyl groups excluding tert-OH is 1. The molecule has 0 amide bonds. The van der Waals surface area contributed by atoms with Crippen LogP contribution < -0.4 is 4.90 Å². The molecule has 2 atom stereocenters. The van der Waals surface area contributed by atoms with E-state index in [2.05, 4.69) is 6.07 Å². The van der Waals surface area contributed by atoms with Crippen LogP contribution in [0.25, 0.3) is 0 Å². The van der Waals surface area contributed by atoms with Crippen LogP contribution in [0.2, 0.25) is 0 Å². The van der Waals surface area contributed by atoms with E-state index in [1.165, 1.54) is 0 Å². The molecule has 1 saturated heterocycles. The van der Waals surface area contributed by atoms with Gasteiger partial charge in [0, 0.05) is 18.2 Å². The number of nitrogens with zero attached hydrogens (tertiary/aromatic N) is 2. The first-order chi connectivity index (χ1) is 9.19. The number of carbonyl (C=O) groups excluding carboxylic acids is 1. The summed E-state index contributed by atoms with van der Waals surface area (Å²) in [7, 11) is 0. The van der Waals surface area contributed by atoms with Crippen LogP contribution in [0.5, 0.6) is 0 Å². The van der Waals surface area contributed by atoms with Gasteiger partial charge < -0.3 is 14.7 Å². The van der Waals surface area contributed by atoms with E-state index in [9.17, 15) is 15.2 Å². The predicted octanol–water partition coefficient (Wildman–Crippen LogP) is 0.957. The SMILES string of the molecule is CC1COC(CO)CN1c1ccc(C=O)cc1C#N. The van der Waals surface area contributed by atoms with E-state index in [0.717, 1.165) is 12.0 Å². The van der Waals surface area contributed by atoms with Gasteiger partial charge in [0.2, 0.25) is 0 Å². The number of rotatable bonds is 3. The highest BCUT2D eigenvalue weighted by Gasteiger charge is 2.27. The van der Waals surface area contributed by atoms with Crippen LogP contribution in [-0.4, -0.2) is 43.3 Å². The Hall–Kier alpha value is -1.90. The molecule has 1 aliphatic heterocycles. The van der Waals surface area contributed by atoms with Crippen LogP contribution in [0.3, 0.4) is 0 Å². The van der Waals surface area contributed by atoms with Gasteiger partial charge in [-0.3, -0.25) is 4.79 Å². The molecular formula is C14H16N2O3. The first kappa shape index (κ1) is 13.5. The van der Waals surface area contributed by atoms with E-state index in [1.807, 2.05) is 11.8 Å². The third kappa shape index (κ3) is 2.75. The number of morpholine rings is 1. The van der Waals surface area contributed by atoms with Gasteiger partial charge in [0.25, 0.3) is 0 Å². The Morgan fingerprint density at radius 1 is 1.63 bits per heavy atom. The summed E-state index contributed by atoms with van der Waals surface area (Å²) in [5.41, 5.74) is 1.73. The quantitative estimate of drug-likeness (QED) is 0.819. The Bertz CT molecular complexity index is 510. The molecular weight excluding hydrogens is 244 g/mol. The Morgan fingerprint density at radius 2 is 2.42 bits per heavy atom. The van der Waals surface area contributed by atoms with Crippen molar-refractivity contribution < 1.29 is 14.6 Å². The summed E-state index contributed by atoms with van der Waals surface area (Å²) in [5.74, 6) is 0.